The van der Waals surface area contributed by atoms with Crippen molar-refractivity contribution in [3.63, 3.8) is 0 Å². The summed E-state index contributed by atoms with van der Waals surface area (Å²) < 4.78 is 1.52. The van der Waals surface area contributed by atoms with Gasteiger partial charge in [0, 0.05) is 18.3 Å². The molecule has 0 unspecified atom stereocenters. The van der Waals surface area contributed by atoms with E-state index in [1.807, 2.05) is 20.8 Å². The Morgan fingerprint density at radius 1 is 1.42 bits per heavy atom. The number of nitrogens with zero attached hydrogens (tertiary/aromatic N) is 2. The van der Waals surface area contributed by atoms with Crippen molar-refractivity contribution in [2.75, 3.05) is 0 Å². The van der Waals surface area contributed by atoms with Crippen molar-refractivity contribution in [3.8, 4) is 0 Å². The number of amides is 1. The van der Waals surface area contributed by atoms with E-state index in [0.29, 0.717) is 17.1 Å². The van der Waals surface area contributed by atoms with E-state index >= 15 is 0 Å². The molecule has 1 aliphatic carbocycles. The van der Waals surface area contributed by atoms with Crippen LogP contribution in [0.2, 0.25) is 0 Å². The van der Waals surface area contributed by atoms with Crippen LogP contribution in [0.4, 0.5) is 0 Å². The van der Waals surface area contributed by atoms with Gasteiger partial charge in [-0.2, -0.15) is 0 Å². The second-order valence-corrected chi connectivity index (χ2v) is 6.69. The van der Waals surface area contributed by atoms with Gasteiger partial charge >= 0.3 is 5.69 Å². The van der Waals surface area contributed by atoms with Crippen LogP contribution in [0.5, 0.6) is 0 Å². The molecule has 0 aliphatic heterocycles. The van der Waals surface area contributed by atoms with E-state index in [1.54, 1.807) is 0 Å². The van der Waals surface area contributed by atoms with E-state index in [0.717, 1.165) is 19.3 Å². The lowest BCUT2D eigenvalue weighted by molar-refractivity contribution is 0.0924. The van der Waals surface area contributed by atoms with Crippen LogP contribution in [-0.4, -0.2) is 26.5 Å². The number of aromatic nitrogens is 3. The molecule has 2 heterocycles. The molecule has 7 nitrogen and oxygen atoms in total. The van der Waals surface area contributed by atoms with Crippen molar-refractivity contribution in [1.82, 2.24) is 19.9 Å². The standard InChI is InChI=1S/C17H22N4O3/c1-4-13(9(2)3)19-15(22)10-7-12-14(18-8-10)21(11-5-6-11)17(24)20-16(12)23/h7-9,11,13H,4-6H2,1-3H3,(H,19,22)(H,20,23,24)/t13-/m0/s1. The molecule has 7 heteroatoms. The number of pyridine rings is 1. The quantitative estimate of drug-likeness (QED) is 0.870. The number of nitrogens with one attached hydrogen (secondary N) is 2. The number of carbonyl (C=O) groups is 1. The van der Waals surface area contributed by atoms with Gasteiger partial charge in [0.2, 0.25) is 0 Å². The fraction of sp³-hybridized carbons (Fsp3) is 0.529. The van der Waals surface area contributed by atoms with Crippen LogP contribution in [0, 0.1) is 5.92 Å². The zero-order chi connectivity index (χ0) is 17.4. The van der Waals surface area contributed by atoms with Gasteiger partial charge in [-0.3, -0.25) is 19.1 Å². The molecule has 128 valence electrons. The molecule has 0 radical (unpaired) electrons. The predicted molar refractivity (Wildman–Crippen MR) is 91.3 cm³/mol. The number of hydrogen-bond acceptors (Lipinski definition) is 4. The van der Waals surface area contributed by atoms with Gasteiger partial charge < -0.3 is 5.32 Å². The normalized spacial score (nSPS) is 15.7. The second kappa shape index (κ2) is 6.22. The van der Waals surface area contributed by atoms with Crippen LogP contribution < -0.4 is 16.6 Å². The molecule has 0 saturated heterocycles. The van der Waals surface area contributed by atoms with E-state index in [-0.39, 0.29) is 23.4 Å². The maximum Gasteiger partial charge on any atom is 0.330 e. The van der Waals surface area contributed by atoms with Gasteiger partial charge in [-0.25, -0.2) is 9.78 Å². The van der Waals surface area contributed by atoms with Gasteiger partial charge in [0.15, 0.2) is 0 Å². The van der Waals surface area contributed by atoms with Gasteiger partial charge in [0.1, 0.15) is 5.65 Å². The summed E-state index contributed by atoms with van der Waals surface area (Å²) in [6.45, 7) is 6.11. The Bertz CT molecular complexity index is 893. The number of aromatic amines is 1. The third-order valence-corrected chi connectivity index (χ3v) is 4.51. The largest absolute Gasteiger partial charge is 0.349 e. The molecule has 2 N–H and O–H groups in total. The minimum absolute atomic E-state index is 0.0619. The number of fused-ring (bicyclic) bond motifs is 1. The Hall–Kier alpha value is -2.44. The SMILES string of the molecule is CC[C@H](NC(=O)c1cnc2c(c1)c(=O)[nH]c(=O)n2C1CC1)C(C)C. The fourth-order valence-electron chi connectivity index (χ4n) is 2.92. The second-order valence-electron chi connectivity index (χ2n) is 6.69. The van der Waals surface area contributed by atoms with E-state index in [4.69, 9.17) is 0 Å². The fourth-order valence-corrected chi connectivity index (χ4v) is 2.92. The van der Waals surface area contributed by atoms with Gasteiger partial charge in [-0.1, -0.05) is 20.8 Å². The van der Waals surface area contributed by atoms with Gasteiger partial charge in [-0.15, -0.1) is 0 Å². The van der Waals surface area contributed by atoms with E-state index in [2.05, 4.69) is 15.3 Å². The minimum atomic E-state index is -0.509. The number of hydrogen-bond donors (Lipinski definition) is 2. The van der Waals surface area contributed by atoms with Crippen LogP contribution in [0.1, 0.15) is 56.4 Å². The van der Waals surface area contributed by atoms with E-state index in [1.165, 1.54) is 16.8 Å². The van der Waals surface area contributed by atoms with Gasteiger partial charge in [0.25, 0.3) is 11.5 Å². The summed E-state index contributed by atoms with van der Waals surface area (Å²) in [4.78, 5) is 43.1. The molecule has 1 amide bonds. The zero-order valence-electron chi connectivity index (χ0n) is 14.1. The molecule has 1 aliphatic rings. The molecule has 0 bridgehead atoms. The first-order valence-electron chi connectivity index (χ1n) is 8.37. The lowest BCUT2D eigenvalue weighted by Crippen LogP contribution is -2.38. The lowest BCUT2D eigenvalue weighted by Gasteiger charge is -2.20. The summed E-state index contributed by atoms with van der Waals surface area (Å²) in [6, 6.07) is 1.67. The summed E-state index contributed by atoms with van der Waals surface area (Å²) in [5.41, 5.74) is -0.276. The molecule has 0 aromatic carbocycles. The lowest BCUT2D eigenvalue weighted by atomic mass is 10.0. The van der Waals surface area contributed by atoms with E-state index in [9.17, 15) is 14.4 Å². The first kappa shape index (κ1) is 16.4. The van der Waals surface area contributed by atoms with Crippen LogP contribution in [-0.2, 0) is 0 Å². The third-order valence-electron chi connectivity index (χ3n) is 4.51. The van der Waals surface area contributed by atoms with Crippen LogP contribution in [0.3, 0.4) is 0 Å². The van der Waals surface area contributed by atoms with Gasteiger partial charge in [-0.05, 0) is 31.2 Å². The topological polar surface area (TPSA) is 96.8 Å². The highest BCUT2D eigenvalue weighted by Gasteiger charge is 2.28. The molecule has 1 saturated carbocycles. The summed E-state index contributed by atoms with van der Waals surface area (Å²) in [6.07, 6.45) is 4.06. The average Bonchev–Trinajstić information content (AvgIpc) is 3.36. The Kier molecular flexibility index (Phi) is 4.26. The Morgan fingerprint density at radius 3 is 2.71 bits per heavy atom. The first-order valence-corrected chi connectivity index (χ1v) is 8.37. The van der Waals surface area contributed by atoms with Crippen LogP contribution in [0.25, 0.3) is 11.0 Å². The predicted octanol–water partition coefficient (Wildman–Crippen LogP) is 1.58. The van der Waals surface area contributed by atoms with Crippen molar-refractivity contribution in [3.05, 3.63) is 38.7 Å². The Labute approximate surface area is 139 Å². The van der Waals surface area contributed by atoms with Gasteiger partial charge in [0.05, 0.1) is 10.9 Å². The Morgan fingerprint density at radius 2 is 2.12 bits per heavy atom. The third kappa shape index (κ3) is 2.98. The Balaban J connectivity index is 2.01. The highest BCUT2D eigenvalue weighted by atomic mass is 16.2. The first-order chi connectivity index (χ1) is 11.4. The smallest absolute Gasteiger partial charge is 0.330 e. The number of rotatable bonds is 5. The molecular weight excluding hydrogens is 308 g/mol. The molecular formula is C17H22N4O3. The molecule has 3 rings (SSSR count). The summed E-state index contributed by atoms with van der Waals surface area (Å²) in [5, 5.41) is 3.24. The minimum Gasteiger partial charge on any atom is -0.349 e. The number of H-pyrrole nitrogens is 1. The number of carbonyl (C=O) groups excluding carboxylic acids is 1. The molecule has 2 aromatic heterocycles. The van der Waals surface area contributed by atoms with Crippen molar-refractivity contribution in [1.29, 1.82) is 0 Å². The molecule has 1 atom stereocenters. The average molecular weight is 330 g/mol. The van der Waals surface area contributed by atoms with Crippen molar-refractivity contribution < 1.29 is 4.79 Å². The highest BCUT2D eigenvalue weighted by molar-refractivity contribution is 5.96. The summed E-state index contributed by atoms with van der Waals surface area (Å²) in [5.74, 6) is 0.0596. The monoisotopic (exact) mass is 330 g/mol. The van der Waals surface area contributed by atoms with E-state index < -0.39 is 11.2 Å². The zero-order valence-corrected chi connectivity index (χ0v) is 14.1. The van der Waals surface area contributed by atoms with Crippen LogP contribution >= 0.6 is 0 Å². The van der Waals surface area contributed by atoms with Crippen molar-refractivity contribution in [2.45, 2.75) is 52.1 Å². The maximum atomic E-state index is 12.4. The summed E-state index contributed by atoms with van der Waals surface area (Å²) in [7, 11) is 0. The maximum absolute atomic E-state index is 12.4. The van der Waals surface area contributed by atoms with Crippen LogP contribution in [0.15, 0.2) is 21.9 Å². The molecule has 0 spiro atoms. The van der Waals surface area contributed by atoms with Crippen molar-refractivity contribution in [2.24, 2.45) is 5.92 Å². The molecule has 24 heavy (non-hydrogen) atoms. The van der Waals surface area contributed by atoms with Crippen molar-refractivity contribution >= 4 is 16.9 Å². The summed E-state index contributed by atoms with van der Waals surface area (Å²) >= 11 is 0. The molecule has 1 fully saturated rings. The molecule has 2 aromatic rings. The highest BCUT2D eigenvalue weighted by Crippen LogP contribution is 2.34.